The maximum absolute atomic E-state index is 10.9. The van der Waals surface area contributed by atoms with Crippen LogP contribution in [0.15, 0.2) is 0 Å². The van der Waals surface area contributed by atoms with Crippen LogP contribution in [0.3, 0.4) is 0 Å². The first kappa shape index (κ1) is 8.81. The van der Waals surface area contributed by atoms with Gasteiger partial charge >= 0.3 is 0 Å². The number of fused-ring (bicyclic) bond motifs is 1. The highest BCUT2D eigenvalue weighted by atomic mass is 35.5. The van der Waals surface area contributed by atoms with Crippen molar-refractivity contribution in [1.29, 1.82) is 0 Å². The van der Waals surface area contributed by atoms with E-state index in [1.165, 1.54) is 6.42 Å². The predicted octanol–water partition coefficient (Wildman–Crippen LogP) is 0.0487. The van der Waals surface area contributed by atoms with Gasteiger partial charge in [-0.3, -0.25) is 4.79 Å². The molecule has 0 spiro atoms. The Morgan fingerprint density at radius 2 is 2.18 bits per heavy atom. The van der Waals surface area contributed by atoms with Crippen LogP contribution in [0.5, 0.6) is 0 Å². The Morgan fingerprint density at radius 1 is 1.36 bits per heavy atom. The van der Waals surface area contributed by atoms with Gasteiger partial charge in [-0.2, -0.15) is 0 Å². The molecule has 0 aromatic rings. The number of amides is 1. The molecule has 0 aliphatic carbocycles. The fraction of sp³-hybridized carbons (Fsp3) is 0.857. The highest BCUT2D eigenvalue weighted by Gasteiger charge is 2.33. The second-order valence-corrected chi connectivity index (χ2v) is 3.08. The van der Waals surface area contributed by atoms with Gasteiger partial charge in [-0.1, -0.05) is 0 Å². The Balaban J connectivity index is 0.000000605. The molecule has 0 saturated carbocycles. The molecule has 2 aliphatic rings. The van der Waals surface area contributed by atoms with E-state index in [9.17, 15) is 4.79 Å². The van der Waals surface area contributed by atoms with Crippen LogP contribution in [0.4, 0.5) is 0 Å². The number of halogens is 1. The summed E-state index contributed by atoms with van der Waals surface area (Å²) in [5.41, 5.74) is 0. The summed E-state index contributed by atoms with van der Waals surface area (Å²) in [7, 11) is 0. The Hall–Kier alpha value is -0.280. The van der Waals surface area contributed by atoms with Crippen molar-refractivity contribution in [2.45, 2.75) is 31.3 Å². The average molecular weight is 177 g/mol. The molecular formula is C7H13ClN2O. The van der Waals surface area contributed by atoms with Gasteiger partial charge < -0.3 is 10.6 Å². The van der Waals surface area contributed by atoms with E-state index in [-0.39, 0.29) is 18.3 Å². The maximum atomic E-state index is 10.9. The lowest BCUT2D eigenvalue weighted by Crippen LogP contribution is -2.45. The summed E-state index contributed by atoms with van der Waals surface area (Å²) < 4.78 is 0. The zero-order valence-corrected chi connectivity index (χ0v) is 7.12. The Bertz CT molecular complexity index is 147. The number of carbonyl (C=O) groups excluding carboxylic acids is 1. The van der Waals surface area contributed by atoms with Gasteiger partial charge in [0.25, 0.3) is 0 Å². The molecule has 2 aliphatic heterocycles. The van der Waals surface area contributed by atoms with Gasteiger partial charge in [0.1, 0.15) is 0 Å². The van der Waals surface area contributed by atoms with E-state index in [1.54, 1.807) is 0 Å². The van der Waals surface area contributed by atoms with Gasteiger partial charge in [0, 0.05) is 18.5 Å². The molecule has 0 unspecified atom stereocenters. The summed E-state index contributed by atoms with van der Waals surface area (Å²) in [5.74, 6) is 0.212. The molecule has 1 amide bonds. The van der Waals surface area contributed by atoms with Gasteiger partial charge in [-0.05, 0) is 19.4 Å². The summed E-state index contributed by atoms with van der Waals surface area (Å²) in [5, 5.41) is 6.28. The summed E-state index contributed by atoms with van der Waals surface area (Å²) >= 11 is 0. The summed E-state index contributed by atoms with van der Waals surface area (Å²) in [6.07, 6.45) is 3.04. The van der Waals surface area contributed by atoms with Gasteiger partial charge in [0.15, 0.2) is 0 Å². The van der Waals surface area contributed by atoms with Crippen LogP contribution in [0.1, 0.15) is 19.3 Å². The van der Waals surface area contributed by atoms with Crippen LogP contribution in [-0.2, 0) is 4.79 Å². The van der Waals surface area contributed by atoms with Crippen molar-refractivity contribution < 1.29 is 4.79 Å². The minimum atomic E-state index is 0. The largest absolute Gasteiger partial charge is 0.352 e. The second kappa shape index (κ2) is 3.41. The smallest absolute Gasteiger partial charge is 0.221 e. The Labute approximate surface area is 72.3 Å². The van der Waals surface area contributed by atoms with Crippen molar-refractivity contribution in [2.75, 3.05) is 6.54 Å². The quantitative estimate of drug-likeness (QED) is 0.548. The number of hydrogen-bond donors (Lipinski definition) is 2. The summed E-state index contributed by atoms with van der Waals surface area (Å²) in [6.45, 7) is 1.08. The van der Waals surface area contributed by atoms with Crippen molar-refractivity contribution >= 4 is 18.3 Å². The van der Waals surface area contributed by atoms with Gasteiger partial charge in [0.05, 0.1) is 0 Å². The van der Waals surface area contributed by atoms with Gasteiger partial charge in [0.2, 0.25) is 5.91 Å². The van der Waals surface area contributed by atoms with E-state index in [1.807, 2.05) is 0 Å². The highest BCUT2D eigenvalue weighted by molar-refractivity contribution is 5.85. The summed E-state index contributed by atoms with van der Waals surface area (Å²) in [4.78, 5) is 10.9. The third kappa shape index (κ3) is 1.65. The van der Waals surface area contributed by atoms with Crippen LogP contribution in [0, 0.1) is 0 Å². The van der Waals surface area contributed by atoms with Crippen LogP contribution in [0.2, 0.25) is 0 Å². The normalized spacial score (nSPS) is 35.5. The molecular weight excluding hydrogens is 164 g/mol. The first-order valence-electron chi connectivity index (χ1n) is 3.89. The number of nitrogens with one attached hydrogen (secondary N) is 2. The predicted molar refractivity (Wildman–Crippen MR) is 44.8 cm³/mol. The molecule has 2 N–H and O–H groups in total. The van der Waals surface area contributed by atoms with Gasteiger partial charge in [-0.25, -0.2) is 0 Å². The van der Waals surface area contributed by atoms with E-state index in [0.717, 1.165) is 13.0 Å². The molecule has 0 radical (unpaired) electrons. The summed E-state index contributed by atoms with van der Waals surface area (Å²) in [6, 6.07) is 0.863. The molecule has 64 valence electrons. The first-order chi connectivity index (χ1) is 4.86. The van der Waals surface area contributed by atoms with Crippen LogP contribution < -0.4 is 10.6 Å². The lowest BCUT2D eigenvalue weighted by molar-refractivity contribution is -0.119. The molecule has 0 bridgehead atoms. The maximum Gasteiger partial charge on any atom is 0.221 e. The standard InChI is InChI=1S/C7H12N2O.ClH/c10-7-4-6-5(9-7)2-1-3-8-6;/h5-6,8H,1-4H2,(H,9,10);1H/t5-,6+;/m1./s1. The van der Waals surface area contributed by atoms with Crippen LogP contribution in [-0.4, -0.2) is 24.5 Å². The molecule has 2 rings (SSSR count). The molecule has 2 atom stereocenters. The molecule has 3 nitrogen and oxygen atoms in total. The second-order valence-electron chi connectivity index (χ2n) is 3.08. The van der Waals surface area contributed by atoms with Crippen molar-refractivity contribution in [3.8, 4) is 0 Å². The van der Waals surface area contributed by atoms with Crippen LogP contribution >= 0.6 is 12.4 Å². The van der Waals surface area contributed by atoms with Crippen molar-refractivity contribution in [2.24, 2.45) is 0 Å². The van der Waals surface area contributed by atoms with E-state index in [2.05, 4.69) is 10.6 Å². The number of carbonyl (C=O) groups is 1. The average Bonchev–Trinajstić information content (AvgIpc) is 2.27. The molecule has 4 heteroatoms. The fourth-order valence-electron chi connectivity index (χ4n) is 1.81. The molecule has 0 aromatic heterocycles. The molecule has 2 fully saturated rings. The number of hydrogen-bond acceptors (Lipinski definition) is 2. The van der Waals surface area contributed by atoms with Crippen molar-refractivity contribution in [1.82, 2.24) is 10.6 Å². The SMILES string of the molecule is Cl.O=C1C[C@@H]2NCCC[C@H]2N1. The Morgan fingerprint density at radius 3 is 2.91 bits per heavy atom. The zero-order chi connectivity index (χ0) is 6.97. The van der Waals surface area contributed by atoms with Gasteiger partial charge in [-0.15, -0.1) is 12.4 Å². The van der Waals surface area contributed by atoms with E-state index in [0.29, 0.717) is 18.5 Å². The third-order valence-electron chi connectivity index (χ3n) is 2.34. The lowest BCUT2D eigenvalue weighted by Gasteiger charge is -2.25. The van der Waals surface area contributed by atoms with E-state index < -0.39 is 0 Å². The van der Waals surface area contributed by atoms with E-state index >= 15 is 0 Å². The van der Waals surface area contributed by atoms with E-state index in [4.69, 9.17) is 0 Å². The highest BCUT2D eigenvalue weighted by Crippen LogP contribution is 2.16. The van der Waals surface area contributed by atoms with Crippen molar-refractivity contribution in [3.63, 3.8) is 0 Å². The lowest BCUT2D eigenvalue weighted by atomic mass is 10.0. The van der Waals surface area contributed by atoms with Crippen LogP contribution in [0.25, 0.3) is 0 Å². The first-order valence-corrected chi connectivity index (χ1v) is 3.89. The zero-order valence-electron chi connectivity index (χ0n) is 6.30. The molecule has 0 aromatic carbocycles. The minimum Gasteiger partial charge on any atom is -0.352 e. The number of rotatable bonds is 0. The Kier molecular flexibility index (Phi) is 2.73. The topological polar surface area (TPSA) is 41.1 Å². The molecule has 11 heavy (non-hydrogen) atoms. The fourth-order valence-corrected chi connectivity index (χ4v) is 1.81. The minimum absolute atomic E-state index is 0. The molecule has 2 saturated heterocycles. The molecule has 2 heterocycles. The third-order valence-corrected chi connectivity index (χ3v) is 2.34. The number of piperidine rings is 1. The van der Waals surface area contributed by atoms with Crippen molar-refractivity contribution in [3.05, 3.63) is 0 Å². The monoisotopic (exact) mass is 176 g/mol.